The molecule has 0 spiro atoms. The van der Waals surface area contributed by atoms with E-state index in [1.807, 2.05) is 34.6 Å². The summed E-state index contributed by atoms with van der Waals surface area (Å²) in [5, 5.41) is 4.44. The molecule has 1 aliphatic rings. The lowest BCUT2D eigenvalue weighted by Crippen LogP contribution is -2.43. The molecule has 0 radical (unpaired) electrons. The van der Waals surface area contributed by atoms with Crippen LogP contribution in [0.25, 0.3) is 0 Å². The molecule has 1 atom stereocenters. The quantitative estimate of drug-likeness (QED) is 0.746. The van der Waals surface area contributed by atoms with E-state index in [-0.39, 0.29) is 19.5 Å². The summed E-state index contributed by atoms with van der Waals surface area (Å²) in [6.45, 7) is 14.7. The molecule has 1 aromatic rings. The van der Waals surface area contributed by atoms with Gasteiger partial charge in [0.15, 0.2) is 0 Å². The van der Waals surface area contributed by atoms with E-state index in [0.29, 0.717) is 31.0 Å². The van der Waals surface area contributed by atoms with Gasteiger partial charge in [-0.3, -0.25) is 4.68 Å². The fourth-order valence-corrected chi connectivity index (χ4v) is 2.74. The summed E-state index contributed by atoms with van der Waals surface area (Å²) in [5.74, 6) is -0.360. The zero-order valence-electron chi connectivity index (χ0n) is 17.2. The van der Waals surface area contributed by atoms with Crippen molar-refractivity contribution >= 4 is 12.1 Å². The standard InChI is InChI=1S/C17H27N3O4.C2H6.H2/c1-6-23-15(21)14-11-20(18-12(14)2)13-8-7-9-19(10-13)16(22)24-17(3,4)5;1-2;/h11,13H,6-10H2,1-5H3;1-2H3;1H. The van der Waals surface area contributed by atoms with Crippen LogP contribution in [0.2, 0.25) is 0 Å². The van der Waals surface area contributed by atoms with E-state index < -0.39 is 5.60 Å². The third-order valence-corrected chi connectivity index (χ3v) is 3.83. The second-order valence-electron chi connectivity index (χ2n) is 7.05. The van der Waals surface area contributed by atoms with Gasteiger partial charge in [0.25, 0.3) is 0 Å². The van der Waals surface area contributed by atoms with Crippen LogP contribution in [0, 0.1) is 6.92 Å². The van der Waals surface area contributed by atoms with Gasteiger partial charge in [-0.15, -0.1) is 0 Å². The first-order chi connectivity index (χ1) is 12.2. The Morgan fingerprint density at radius 3 is 2.58 bits per heavy atom. The van der Waals surface area contributed by atoms with E-state index in [9.17, 15) is 9.59 Å². The lowest BCUT2D eigenvalue weighted by atomic mass is 10.1. The minimum Gasteiger partial charge on any atom is -0.462 e. The molecule has 1 aromatic heterocycles. The molecule has 7 heteroatoms. The SMILES string of the molecule is CC.CCOC(=O)c1cn(C2CCCN(C(=O)OC(C)(C)C)C2)nc1C.[HH]. The molecule has 0 saturated carbocycles. The highest BCUT2D eigenvalue weighted by atomic mass is 16.6. The first kappa shape index (κ1) is 22.0. The van der Waals surface area contributed by atoms with Crippen LogP contribution in [0.15, 0.2) is 6.20 Å². The fourth-order valence-electron chi connectivity index (χ4n) is 2.74. The van der Waals surface area contributed by atoms with E-state index in [4.69, 9.17) is 9.47 Å². The highest BCUT2D eigenvalue weighted by Gasteiger charge is 2.29. The van der Waals surface area contributed by atoms with Crippen molar-refractivity contribution in [3.63, 3.8) is 0 Å². The second kappa shape index (κ2) is 9.59. The number of carbonyl (C=O) groups excluding carboxylic acids is 2. The number of rotatable bonds is 3. The molecule has 0 bridgehead atoms. The number of amides is 1. The molecular weight excluding hydrogens is 334 g/mol. The molecule has 0 aromatic carbocycles. The monoisotopic (exact) mass is 369 g/mol. The largest absolute Gasteiger partial charge is 0.462 e. The van der Waals surface area contributed by atoms with Gasteiger partial charge in [0.05, 0.1) is 18.3 Å². The van der Waals surface area contributed by atoms with Gasteiger partial charge >= 0.3 is 12.1 Å². The number of carbonyl (C=O) groups is 2. The minimum absolute atomic E-state index is 0. The minimum atomic E-state index is -0.511. The van der Waals surface area contributed by atoms with Gasteiger partial charge in [-0.2, -0.15) is 5.10 Å². The van der Waals surface area contributed by atoms with Crippen LogP contribution in [0.3, 0.4) is 0 Å². The number of aryl methyl sites for hydroxylation is 1. The Morgan fingerprint density at radius 1 is 1.35 bits per heavy atom. The first-order valence-corrected chi connectivity index (χ1v) is 9.42. The second-order valence-corrected chi connectivity index (χ2v) is 7.05. The maximum absolute atomic E-state index is 12.3. The van der Waals surface area contributed by atoms with Crippen molar-refractivity contribution in [2.75, 3.05) is 19.7 Å². The Balaban J connectivity index is 0.00000218. The maximum atomic E-state index is 12.3. The Kier molecular flexibility index (Phi) is 8.11. The summed E-state index contributed by atoms with van der Waals surface area (Å²) in [6, 6.07) is 0.0353. The average molecular weight is 370 g/mol. The first-order valence-electron chi connectivity index (χ1n) is 9.42. The molecule has 1 unspecified atom stereocenters. The fraction of sp³-hybridized carbons (Fsp3) is 0.737. The van der Waals surface area contributed by atoms with E-state index in [1.54, 1.807) is 29.6 Å². The summed E-state index contributed by atoms with van der Waals surface area (Å²) < 4.78 is 12.3. The zero-order chi connectivity index (χ0) is 19.9. The van der Waals surface area contributed by atoms with E-state index in [1.165, 1.54) is 0 Å². The van der Waals surface area contributed by atoms with Gasteiger partial charge in [0, 0.05) is 20.7 Å². The molecular formula is C19H35N3O4. The van der Waals surface area contributed by atoms with E-state index >= 15 is 0 Å². The van der Waals surface area contributed by atoms with Crippen LogP contribution in [-0.4, -0.2) is 52.0 Å². The van der Waals surface area contributed by atoms with Crippen LogP contribution in [-0.2, 0) is 9.47 Å². The number of esters is 1. The molecule has 150 valence electrons. The lowest BCUT2D eigenvalue weighted by molar-refractivity contribution is 0.0166. The zero-order valence-corrected chi connectivity index (χ0v) is 17.2. The predicted octanol–water partition coefficient (Wildman–Crippen LogP) is 4.21. The van der Waals surface area contributed by atoms with Crippen molar-refractivity contribution in [1.29, 1.82) is 0 Å². The molecule has 7 nitrogen and oxygen atoms in total. The summed E-state index contributed by atoms with van der Waals surface area (Å²) >= 11 is 0. The third kappa shape index (κ3) is 6.04. The van der Waals surface area contributed by atoms with Crippen LogP contribution in [0.5, 0.6) is 0 Å². The van der Waals surface area contributed by atoms with Gasteiger partial charge in [-0.05, 0) is 47.5 Å². The van der Waals surface area contributed by atoms with Crippen molar-refractivity contribution in [3.8, 4) is 0 Å². The van der Waals surface area contributed by atoms with Gasteiger partial charge in [-0.25, -0.2) is 9.59 Å². The molecule has 0 aliphatic carbocycles. The van der Waals surface area contributed by atoms with Crippen LogP contribution in [0.1, 0.15) is 77.9 Å². The van der Waals surface area contributed by atoms with E-state index in [2.05, 4.69) is 5.10 Å². The summed E-state index contributed by atoms with van der Waals surface area (Å²) in [5.41, 5.74) is 0.609. The maximum Gasteiger partial charge on any atom is 0.410 e. The smallest absolute Gasteiger partial charge is 0.410 e. The highest BCUT2D eigenvalue weighted by Crippen LogP contribution is 2.24. The van der Waals surface area contributed by atoms with Crippen LogP contribution in [0.4, 0.5) is 4.79 Å². The molecule has 1 aliphatic heterocycles. The third-order valence-electron chi connectivity index (χ3n) is 3.83. The van der Waals surface area contributed by atoms with Gasteiger partial charge in [-0.1, -0.05) is 13.8 Å². The average Bonchev–Trinajstić information content (AvgIpc) is 2.97. The van der Waals surface area contributed by atoms with Crippen molar-refractivity contribution in [1.82, 2.24) is 14.7 Å². The summed E-state index contributed by atoms with van der Waals surface area (Å²) in [6.07, 6.45) is 3.19. The van der Waals surface area contributed by atoms with Crippen molar-refractivity contribution in [3.05, 3.63) is 17.5 Å². The number of aromatic nitrogens is 2. The molecule has 1 saturated heterocycles. The number of likely N-dealkylation sites (tertiary alicyclic amines) is 1. The topological polar surface area (TPSA) is 73.7 Å². The number of piperidine rings is 1. The number of hydrogen-bond acceptors (Lipinski definition) is 5. The van der Waals surface area contributed by atoms with Crippen molar-refractivity contribution < 1.29 is 20.5 Å². The molecule has 2 heterocycles. The van der Waals surface area contributed by atoms with Crippen LogP contribution < -0.4 is 0 Å². The molecule has 26 heavy (non-hydrogen) atoms. The Bertz CT molecular complexity index is 611. The summed E-state index contributed by atoms with van der Waals surface area (Å²) in [4.78, 5) is 25.9. The number of ether oxygens (including phenoxy) is 2. The van der Waals surface area contributed by atoms with Crippen LogP contribution >= 0.6 is 0 Å². The number of nitrogens with zero attached hydrogens (tertiary/aromatic N) is 3. The lowest BCUT2D eigenvalue weighted by Gasteiger charge is -2.34. The Morgan fingerprint density at radius 2 is 2.00 bits per heavy atom. The van der Waals surface area contributed by atoms with Gasteiger partial charge < -0.3 is 14.4 Å². The Hall–Kier alpha value is -2.05. The highest BCUT2D eigenvalue weighted by molar-refractivity contribution is 5.90. The van der Waals surface area contributed by atoms with Gasteiger partial charge in [0.2, 0.25) is 0 Å². The van der Waals surface area contributed by atoms with E-state index in [0.717, 1.165) is 12.8 Å². The van der Waals surface area contributed by atoms with Crippen molar-refractivity contribution in [2.45, 2.75) is 73.0 Å². The Labute approximate surface area is 158 Å². The van der Waals surface area contributed by atoms with Gasteiger partial charge in [0.1, 0.15) is 11.2 Å². The number of hydrogen-bond donors (Lipinski definition) is 0. The normalized spacial score (nSPS) is 17.2. The molecule has 0 N–H and O–H groups in total. The summed E-state index contributed by atoms with van der Waals surface area (Å²) in [7, 11) is 0. The molecule has 2 rings (SSSR count). The molecule has 1 amide bonds. The predicted molar refractivity (Wildman–Crippen MR) is 102 cm³/mol. The van der Waals surface area contributed by atoms with Crippen molar-refractivity contribution in [2.24, 2.45) is 0 Å². The molecule has 1 fully saturated rings.